The smallest absolute Gasteiger partial charge is 0.261 e. The Morgan fingerprint density at radius 3 is 1.92 bits per heavy atom. The Bertz CT molecular complexity index is 739. The molecule has 0 saturated heterocycles. The number of nitrogens with zero attached hydrogens (tertiary/aromatic N) is 1. The fourth-order valence-corrected chi connectivity index (χ4v) is 3.07. The van der Waals surface area contributed by atoms with Gasteiger partial charge in [-0.25, -0.2) is 0 Å². The van der Waals surface area contributed by atoms with Crippen molar-refractivity contribution in [2.24, 2.45) is 5.41 Å². The number of fused-ring (bicyclic) bond motifs is 1. The van der Waals surface area contributed by atoms with Crippen LogP contribution in [-0.2, 0) is 6.42 Å². The molecule has 0 N–H and O–H groups in total. The maximum atomic E-state index is 12.5. The van der Waals surface area contributed by atoms with Crippen molar-refractivity contribution in [1.29, 1.82) is 0 Å². The zero-order valence-electron chi connectivity index (χ0n) is 15.0. The van der Waals surface area contributed by atoms with Gasteiger partial charge in [0, 0.05) is 6.54 Å². The van der Waals surface area contributed by atoms with Gasteiger partial charge in [0.25, 0.3) is 11.8 Å². The van der Waals surface area contributed by atoms with Crippen molar-refractivity contribution in [3.63, 3.8) is 0 Å². The number of imide groups is 1. The van der Waals surface area contributed by atoms with Crippen molar-refractivity contribution in [2.75, 3.05) is 6.54 Å². The molecular weight excluding hydrogens is 310 g/mol. The maximum Gasteiger partial charge on any atom is 0.261 e. The van der Waals surface area contributed by atoms with Crippen molar-refractivity contribution in [3.8, 4) is 0 Å². The van der Waals surface area contributed by atoms with Gasteiger partial charge >= 0.3 is 0 Å². The molecule has 1 aliphatic rings. The summed E-state index contributed by atoms with van der Waals surface area (Å²) in [7, 11) is 0. The lowest BCUT2D eigenvalue weighted by atomic mass is 9.75. The molecule has 25 heavy (non-hydrogen) atoms. The molecule has 0 atom stereocenters. The number of rotatable bonds is 5. The van der Waals surface area contributed by atoms with Crippen LogP contribution in [-0.4, -0.2) is 23.3 Å². The minimum absolute atomic E-state index is 0.0332. The van der Waals surface area contributed by atoms with E-state index in [1.54, 1.807) is 24.3 Å². The van der Waals surface area contributed by atoms with Gasteiger partial charge < -0.3 is 0 Å². The summed E-state index contributed by atoms with van der Waals surface area (Å²) in [6, 6.07) is 17.3. The summed E-state index contributed by atoms with van der Waals surface area (Å²) in [6.07, 6.45) is 2.85. The minimum Gasteiger partial charge on any atom is -0.274 e. The summed E-state index contributed by atoms with van der Waals surface area (Å²) in [5.74, 6) is 0.810. The molecule has 3 nitrogen and oxygen atoms in total. The van der Waals surface area contributed by atoms with E-state index in [4.69, 9.17) is 0 Å². The molecule has 1 aliphatic heterocycles. The molecule has 2 amide bonds. The topological polar surface area (TPSA) is 37.4 Å². The van der Waals surface area contributed by atoms with E-state index in [9.17, 15) is 9.59 Å². The molecule has 0 spiro atoms. The SMILES string of the molecule is CC(C)(C)[C]([CH]CN1C(=O)c2ccccc2C1=O)Cc1ccccc1. The molecule has 3 heteroatoms. The van der Waals surface area contributed by atoms with Crippen LogP contribution in [0.4, 0.5) is 0 Å². The molecule has 0 bridgehead atoms. The van der Waals surface area contributed by atoms with Gasteiger partial charge in [-0.2, -0.15) is 0 Å². The van der Waals surface area contributed by atoms with E-state index in [0.717, 1.165) is 6.42 Å². The first-order chi connectivity index (χ1) is 11.9. The molecular formula is C22H23NO2. The second kappa shape index (κ2) is 6.83. The maximum absolute atomic E-state index is 12.5. The Labute approximate surface area is 149 Å². The Kier molecular flexibility index (Phi) is 4.76. The average molecular weight is 333 g/mol. The Morgan fingerprint density at radius 1 is 0.880 bits per heavy atom. The van der Waals surface area contributed by atoms with Crippen molar-refractivity contribution in [2.45, 2.75) is 27.2 Å². The van der Waals surface area contributed by atoms with Crippen LogP contribution in [0.5, 0.6) is 0 Å². The van der Waals surface area contributed by atoms with E-state index in [0.29, 0.717) is 17.7 Å². The van der Waals surface area contributed by atoms with Crippen LogP contribution in [0.15, 0.2) is 54.6 Å². The van der Waals surface area contributed by atoms with Crippen LogP contribution < -0.4 is 0 Å². The molecule has 0 aromatic heterocycles. The first-order valence-corrected chi connectivity index (χ1v) is 8.56. The van der Waals surface area contributed by atoms with E-state index in [-0.39, 0.29) is 17.2 Å². The molecule has 1 heterocycles. The van der Waals surface area contributed by atoms with Crippen molar-refractivity contribution < 1.29 is 9.59 Å². The number of benzene rings is 2. The standard InChI is InChI=1S/C22H23NO2/c1-22(2,3)17(15-16-9-5-4-6-10-16)13-14-23-20(24)18-11-7-8-12-19(18)21(23)25/h4-13H,14-15H2,1-3H3. The van der Waals surface area contributed by atoms with Crippen LogP contribution in [0.25, 0.3) is 0 Å². The Balaban J connectivity index is 1.72. The summed E-state index contributed by atoms with van der Waals surface area (Å²) in [4.78, 5) is 26.3. The lowest BCUT2D eigenvalue weighted by Crippen LogP contribution is -2.34. The monoisotopic (exact) mass is 333 g/mol. The van der Waals surface area contributed by atoms with Crippen LogP contribution in [0, 0.1) is 17.8 Å². The number of amides is 2. The number of carbonyl (C=O) groups excluding carboxylic acids is 2. The molecule has 3 rings (SSSR count). The Hall–Kier alpha value is -2.42. The van der Waals surface area contributed by atoms with Gasteiger partial charge in [0.15, 0.2) is 0 Å². The highest BCUT2D eigenvalue weighted by Gasteiger charge is 2.36. The van der Waals surface area contributed by atoms with Crippen LogP contribution in [0.2, 0.25) is 0 Å². The van der Waals surface area contributed by atoms with Crippen molar-refractivity contribution >= 4 is 11.8 Å². The minimum atomic E-state index is -0.204. The van der Waals surface area contributed by atoms with E-state index >= 15 is 0 Å². The first-order valence-electron chi connectivity index (χ1n) is 8.56. The number of hydrogen-bond acceptors (Lipinski definition) is 2. The second-order valence-corrected chi connectivity index (χ2v) is 7.41. The molecule has 0 fully saturated rings. The second-order valence-electron chi connectivity index (χ2n) is 7.41. The molecule has 0 saturated carbocycles. The fourth-order valence-electron chi connectivity index (χ4n) is 3.07. The van der Waals surface area contributed by atoms with Gasteiger partial charge in [0.2, 0.25) is 0 Å². The van der Waals surface area contributed by atoms with Gasteiger partial charge in [0.1, 0.15) is 0 Å². The van der Waals surface area contributed by atoms with E-state index < -0.39 is 0 Å². The normalized spacial score (nSPS) is 14.3. The highest BCUT2D eigenvalue weighted by atomic mass is 16.2. The zero-order valence-corrected chi connectivity index (χ0v) is 15.0. The predicted octanol–water partition coefficient (Wildman–Crippen LogP) is 4.35. The van der Waals surface area contributed by atoms with Gasteiger partial charge in [-0.1, -0.05) is 63.2 Å². The summed E-state index contributed by atoms with van der Waals surface area (Å²) in [5.41, 5.74) is 2.20. The van der Waals surface area contributed by atoms with Crippen LogP contribution in [0.1, 0.15) is 47.1 Å². The van der Waals surface area contributed by atoms with E-state index in [2.05, 4.69) is 32.9 Å². The molecule has 0 unspecified atom stereocenters. The quantitative estimate of drug-likeness (QED) is 0.763. The molecule has 128 valence electrons. The molecule has 2 aromatic carbocycles. The predicted molar refractivity (Wildman–Crippen MR) is 99.0 cm³/mol. The lowest BCUT2D eigenvalue weighted by Gasteiger charge is -2.31. The van der Waals surface area contributed by atoms with Gasteiger partial charge in [-0.05, 0) is 41.9 Å². The highest BCUT2D eigenvalue weighted by Crippen LogP contribution is 2.34. The third-order valence-corrected chi connectivity index (χ3v) is 4.60. The third kappa shape index (κ3) is 3.65. The first kappa shape index (κ1) is 17.4. The average Bonchev–Trinajstić information content (AvgIpc) is 2.83. The largest absolute Gasteiger partial charge is 0.274 e. The van der Waals surface area contributed by atoms with Crippen molar-refractivity contribution in [3.05, 3.63) is 83.6 Å². The zero-order chi connectivity index (χ0) is 18.0. The fraction of sp³-hybridized carbons (Fsp3) is 0.273. The van der Waals surface area contributed by atoms with Gasteiger partial charge in [-0.15, -0.1) is 0 Å². The van der Waals surface area contributed by atoms with Crippen LogP contribution >= 0.6 is 0 Å². The number of carbonyl (C=O) groups is 2. The van der Waals surface area contributed by atoms with E-state index in [1.165, 1.54) is 16.4 Å². The molecule has 2 radical (unpaired) electrons. The summed E-state index contributed by atoms with van der Waals surface area (Å²) >= 11 is 0. The van der Waals surface area contributed by atoms with Gasteiger partial charge in [-0.3, -0.25) is 14.5 Å². The number of hydrogen-bond donors (Lipinski definition) is 0. The molecule has 0 aliphatic carbocycles. The highest BCUT2D eigenvalue weighted by molar-refractivity contribution is 6.21. The van der Waals surface area contributed by atoms with Gasteiger partial charge in [0.05, 0.1) is 11.1 Å². The van der Waals surface area contributed by atoms with E-state index in [1.807, 2.05) is 24.6 Å². The molecule has 2 aromatic rings. The summed E-state index contributed by atoms with van der Waals surface area (Å²) in [6.45, 7) is 6.78. The summed E-state index contributed by atoms with van der Waals surface area (Å²) < 4.78 is 0. The summed E-state index contributed by atoms with van der Waals surface area (Å²) in [5, 5.41) is 0. The van der Waals surface area contributed by atoms with Crippen molar-refractivity contribution in [1.82, 2.24) is 4.90 Å². The van der Waals surface area contributed by atoms with Crippen LogP contribution in [0.3, 0.4) is 0 Å². The third-order valence-electron chi connectivity index (χ3n) is 4.60. The Morgan fingerprint density at radius 2 is 1.40 bits per heavy atom. The lowest BCUT2D eigenvalue weighted by molar-refractivity contribution is 0.0665.